The first-order valence-corrected chi connectivity index (χ1v) is 43.3. The first-order chi connectivity index (χ1) is 56.4. The van der Waals surface area contributed by atoms with Gasteiger partial charge in [-0.1, -0.05) is 193 Å². The molecule has 9 aromatic rings. The molecule has 2 fully saturated rings. The standard InChI is InChI=1S/C17H20N2O.C13H17NO2.C11H12N2.C11H15NO2.C11H13NO.C10H15NO2S.2C10H13NO2.CH3I/c1-12(2)14-6-10-16(11-7-14)19-17(20)18-15-8-4-13(3)5-9-15;1-10-5-4-6-11(9-10)14-13(15)16-12-7-2-3-8-12;1-9-3-5-11(6-4-9)13-10(2)7-8-12;1-3-8-14-11(13)12-10-6-4-9(2)5-7-10;1-8-2-6-10(7-3-8)12-11(13)9-4-5-9;1-3-8-14(12,13)11-10-6-4-9(2)5-7-10;1-3-13-10(12)11-9-6-4-8(2)5-7-9;1-3-13-10(12)11-9-6-4-5-8(2)7-9;1-2/h4-12H,1-3H3,(H2,18,19,20);4-6,9,12H,2-3,7-8H2,1H3,(H,14,15);3-7,13H,1-2H3;4-7H,3,8H2,1-2H3,(H,12,13);2-3,6-7,9H,4-5H2,1H3,(H,12,13);4-7,11H,3,8H2,1-2H3;2*4-7H,3H2,1-2H3,(H,11,12);1H3/b;;10-7+;;;;;;. The molecule has 0 heterocycles. The fourth-order valence-corrected chi connectivity index (χ4v) is 11.3. The van der Waals surface area contributed by atoms with Crippen LogP contribution in [0.15, 0.2) is 230 Å². The minimum atomic E-state index is -3.15. The molecule has 0 spiro atoms. The SMILES string of the molecule is C/C(=C\C#N)Nc1ccc(C)cc1.CCCOC(=O)Nc1ccc(C)cc1.CCCS(=O)(=O)Nc1ccc(C)cc1.CCOC(=O)Nc1ccc(C)cc1.CCOC(=O)Nc1cccc(C)c1.CI.Cc1ccc(NC(=O)C2CC2)cc1.Cc1ccc(NC(=O)Nc2ccc(C(C)C)cc2)cc1.Cc1cccc(NC(=O)OC2CCCC2)c1. The van der Waals surface area contributed by atoms with Gasteiger partial charge in [-0.15, -0.1) is 0 Å². The van der Waals surface area contributed by atoms with Gasteiger partial charge in [-0.3, -0.25) is 30.8 Å². The third-order valence-electron chi connectivity index (χ3n) is 16.6. The lowest BCUT2D eigenvalue weighted by Crippen LogP contribution is -2.20. The summed E-state index contributed by atoms with van der Waals surface area (Å²) in [7, 11) is -3.15. The van der Waals surface area contributed by atoms with E-state index in [2.05, 4.69) is 83.7 Å². The van der Waals surface area contributed by atoms with Crippen molar-refractivity contribution in [3.63, 3.8) is 0 Å². The van der Waals surface area contributed by atoms with Gasteiger partial charge >= 0.3 is 30.4 Å². The van der Waals surface area contributed by atoms with Crippen molar-refractivity contribution in [2.75, 3.05) is 77.8 Å². The summed E-state index contributed by atoms with van der Waals surface area (Å²) in [6.07, 6.45) is 7.96. The van der Waals surface area contributed by atoms with E-state index < -0.39 is 28.3 Å². The zero-order valence-corrected chi connectivity index (χ0v) is 74.2. The molecule has 22 nitrogen and oxygen atoms in total. The molecule has 24 heteroatoms. The molecule has 0 aromatic heterocycles. The summed E-state index contributed by atoms with van der Waals surface area (Å²) in [4.78, 5) is 69.8. The minimum absolute atomic E-state index is 0.116. The summed E-state index contributed by atoms with van der Waals surface area (Å²) in [6, 6.07) is 71.0. The average Bonchev–Trinajstić information content (AvgIpc) is 1.70. The molecule has 0 aliphatic heterocycles. The van der Waals surface area contributed by atoms with Crippen molar-refractivity contribution >= 4 is 120 Å². The van der Waals surface area contributed by atoms with Crippen LogP contribution in [-0.4, -0.2) is 81.3 Å². The lowest BCUT2D eigenvalue weighted by atomic mass is 10.0. The Morgan fingerprint density at radius 2 is 0.763 bits per heavy atom. The van der Waals surface area contributed by atoms with Gasteiger partial charge < -0.3 is 40.2 Å². The minimum Gasteiger partial charge on any atom is -0.450 e. The van der Waals surface area contributed by atoms with Crippen LogP contribution < -0.4 is 47.3 Å². The first kappa shape index (κ1) is 101. The number of nitrogens with one attached hydrogen (secondary N) is 9. The summed E-state index contributed by atoms with van der Waals surface area (Å²) >= 11 is 2.15. The number of rotatable bonds is 20. The normalized spacial score (nSPS) is 11.4. The molecule has 0 bridgehead atoms. The number of anilines is 9. The van der Waals surface area contributed by atoms with Crippen LogP contribution in [0.4, 0.5) is 75.2 Å². The zero-order chi connectivity index (χ0) is 87.2. The van der Waals surface area contributed by atoms with Crippen molar-refractivity contribution in [3.8, 4) is 6.07 Å². The number of sulfonamides is 1. The maximum Gasteiger partial charge on any atom is 0.411 e. The van der Waals surface area contributed by atoms with E-state index in [4.69, 9.17) is 24.2 Å². The number of alkyl halides is 1. The highest BCUT2D eigenvalue weighted by Crippen LogP contribution is 2.30. The second-order valence-electron chi connectivity index (χ2n) is 27.9. The van der Waals surface area contributed by atoms with Crippen LogP contribution in [0.3, 0.4) is 0 Å². The Morgan fingerprint density at radius 1 is 0.424 bits per heavy atom. The van der Waals surface area contributed by atoms with E-state index in [0.717, 1.165) is 111 Å². The van der Waals surface area contributed by atoms with Gasteiger partial charge in [0.25, 0.3) is 0 Å². The Labute approximate surface area is 714 Å². The summed E-state index contributed by atoms with van der Waals surface area (Å²) in [5.41, 5.74) is 18.6. The van der Waals surface area contributed by atoms with Gasteiger partial charge in [-0.25, -0.2) is 32.4 Å². The first-order valence-electron chi connectivity index (χ1n) is 39.5. The van der Waals surface area contributed by atoms with Crippen LogP contribution in [0.25, 0.3) is 0 Å². The van der Waals surface area contributed by atoms with Crippen LogP contribution in [-0.2, 0) is 33.8 Å². The summed E-state index contributed by atoms with van der Waals surface area (Å²) in [5.74, 6) is 1.11. The van der Waals surface area contributed by atoms with Crippen molar-refractivity contribution in [3.05, 3.63) is 280 Å². The van der Waals surface area contributed by atoms with Crippen LogP contribution in [0, 0.1) is 72.6 Å². The largest absolute Gasteiger partial charge is 0.450 e. The Hall–Kier alpha value is -11.7. The van der Waals surface area contributed by atoms with Crippen LogP contribution >= 0.6 is 22.6 Å². The maximum atomic E-state index is 11.9. The Morgan fingerprint density at radius 3 is 1.11 bits per heavy atom. The van der Waals surface area contributed by atoms with Crippen LogP contribution in [0.2, 0.25) is 0 Å². The van der Waals surface area contributed by atoms with Crippen LogP contribution in [0.5, 0.6) is 0 Å². The fraction of sp³-hybridized carbons (Fsp3) is 0.330. The quantitative estimate of drug-likeness (QED) is 0.0148. The number of amides is 7. The van der Waals surface area contributed by atoms with Crippen LogP contribution in [0.1, 0.15) is 156 Å². The number of urea groups is 1. The van der Waals surface area contributed by atoms with Crippen molar-refractivity contribution in [2.45, 2.75) is 167 Å². The second kappa shape index (κ2) is 57.4. The van der Waals surface area contributed by atoms with Crippen molar-refractivity contribution in [1.29, 1.82) is 5.26 Å². The monoisotopic (exact) mass is 1740 g/mol. The molecule has 7 amide bonds. The number of aryl methyl sites for hydroxylation is 8. The van der Waals surface area contributed by atoms with E-state index >= 15 is 0 Å². The number of benzene rings is 9. The number of nitriles is 1. The van der Waals surface area contributed by atoms with Gasteiger partial charge in [0.05, 0.1) is 31.6 Å². The van der Waals surface area contributed by atoms with E-state index in [1.807, 2.05) is 293 Å². The molecule has 2 aliphatic carbocycles. The molecule has 9 N–H and O–H groups in total. The maximum absolute atomic E-state index is 11.9. The van der Waals surface area contributed by atoms with Crippen molar-refractivity contribution < 1.29 is 56.1 Å². The molecule has 632 valence electrons. The van der Waals surface area contributed by atoms with Crippen molar-refractivity contribution in [2.24, 2.45) is 5.92 Å². The highest BCUT2D eigenvalue weighted by Gasteiger charge is 2.29. The Bertz CT molecular complexity index is 4610. The van der Waals surface area contributed by atoms with Gasteiger partial charge in [0.15, 0.2) is 0 Å². The number of carbonyl (C=O) groups excluding carboxylic acids is 6. The number of ether oxygens (including phenoxy) is 4. The summed E-state index contributed by atoms with van der Waals surface area (Å²) < 4.78 is 44.9. The lowest BCUT2D eigenvalue weighted by Gasteiger charge is -2.12. The van der Waals surface area contributed by atoms with Gasteiger partial charge in [-0.2, -0.15) is 5.26 Å². The molecule has 0 saturated heterocycles. The van der Waals surface area contributed by atoms with Gasteiger partial charge in [0.2, 0.25) is 15.9 Å². The molecule has 9 aromatic carbocycles. The highest BCUT2D eigenvalue weighted by atomic mass is 127. The number of hydrogen-bond acceptors (Lipinski definition) is 14. The number of carbonyl (C=O) groups is 6. The third kappa shape index (κ3) is 46.8. The molecule has 2 saturated carbocycles. The van der Waals surface area contributed by atoms with Gasteiger partial charge in [-0.05, 0) is 264 Å². The molecular formula is C94H121IN10O12S. The summed E-state index contributed by atoms with van der Waals surface area (Å²) in [6.45, 7) is 30.7. The smallest absolute Gasteiger partial charge is 0.411 e. The molecule has 0 unspecified atom stereocenters. The van der Waals surface area contributed by atoms with E-state index in [1.54, 1.807) is 26.0 Å². The van der Waals surface area contributed by atoms with E-state index in [-0.39, 0.29) is 35.8 Å². The number of halogens is 1. The topological polar surface area (TPSA) is 306 Å². The molecule has 2 aliphatic rings. The predicted molar refractivity (Wildman–Crippen MR) is 494 cm³/mol. The van der Waals surface area contributed by atoms with E-state index in [0.29, 0.717) is 37.8 Å². The molecule has 0 atom stereocenters. The van der Waals surface area contributed by atoms with Gasteiger partial charge in [0.1, 0.15) is 6.10 Å². The Balaban J connectivity index is 0.000000349. The van der Waals surface area contributed by atoms with E-state index in [1.165, 1.54) is 41.2 Å². The van der Waals surface area contributed by atoms with Gasteiger partial charge in [0, 0.05) is 68.9 Å². The fourth-order valence-electron chi connectivity index (χ4n) is 10.2. The zero-order valence-electron chi connectivity index (χ0n) is 71.2. The number of allylic oxidation sites excluding steroid dienone is 2. The second-order valence-corrected chi connectivity index (χ2v) is 29.8. The molecule has 118 heavy (non-hydrogen) atoms. The average molecular weight is 1740 g/mol. The van der Waals surface area contributed by atoms with Crippen molar-refractivity contribution in [1.82, 2.24) is 0 Å². The summed E-state index contributed by atoms with van der Waals surface area (Å²) in [5, 5.41) is 30.6. The van der Waals surface area contributed by atoms with E-state index in [9.17, 15) is 37.2 Å². The third-order valence-corrected chi connectivity index (χ3v) is 18.1. The highest BCUT2D eigenvalue weighted by molar-refractivity contribution is 14.1. The molecular weight excluding hydrogens is 1620 g/mol. The molecule has 11 rings (SSSR count). The predicted octanol–water partition coefficient (Wildman–Crippen LogP) is 24.7. The molecule has 0 radical (unpaired) electrons. The number of hydrogen-bond donors (Lipinski definition) is 9. The Kier molecular flexibility index (Phi) is 48.9. The lowest BCUT2D eigenvalue weighted by molar-refractivity contribution is -0.117. The number of nitrogens with zero attached hydrogens (tertiary/aromatic N) is 1.